The number of carboxylic acid groups (broad SMARTS) is 1. The molecule has 0 aromatic heterocycles. The van der Waals surface area contributed by atoms with E-state index in [1.807, 2.05) is 0 Å². The number of aliphatic hydroxyl groups excluding tert-OH is 2. The molecule has 1 rings (SSSR count). The molecule has 0 aliphatic rings. The van der Waals surface area contributed by atoms with Crippen LogP contribution in [0.1, 0.15) is 18.1 Å². The molecule has 0 bridgehead atoms. The fraction of sp³-hybridized carbons (Fsp3) is 0.273. The van der Waals surface area contributed by atoms with Crippen LogP contribution in [0.15, 0.2) is 24.3 Å². The van der Waals surface area contributed by atoms with E-state index < -0.39 is 36.2 Å². The zero-order valence-corrected chi connectivity index (χ0v) is 8.71. The third-order valence-corrected chi connectivity index (χ3v) is 2.18. The highest BCUT2D eigenvalue weighted by atomic mass is 19.1. The number of ketones is 1. The normalized spacial score (nSPS) is 14.1. The average molecular weight is 242 g/mol. The quantitative estimate of drug-likeness (QED) is 0.688. The van der Waals surface area contributed by atoms with Crippen molar-refractivity contribution in [2.24, 2.45) is 0 Å². The van der Waals surface area contributed by atoms with Gasteiger partial charge in [-0.3, -0.25) is 4.79 Å². The van der Waals surface area contributed by atoms with Crippen molar-refractivity contribution in [1.82, 2.24) is 0 Å². The van der Waals surface area contributed by atoms with Crippen molar-refractivity contribution in [1.29, 1.82) is 0 Å². The van der Waals surface area contributed by atoms with Crippen molar-refractivity contribution >= 4 is 11.8 Å². The molecule has 6 heteroatoms. The average Bonchev–Trinajstić information content (AvgIpc) is 2.28. The van der Waals surface area contributed by atoms with Crippen molar-refractivity contribution < 1.29 is 29.3 Å². The van der Waals surface area contributed by atoms with Gasteiger partial charge in [0.1, 0.15) is 11.9 Å². The summed E-state index contributed by atoms with van der Waals surface area (Å²) in [4.78, 5) is 21.7. The van der Waals surface area contributed by atoms with Gasteiger partial charge in [0.2, 0.25) is 0 Å². The predicted molar refractivity (Wildman–Crippen MR) is 54.6 cm³/mol. The number of aliphatic carboxylic acids is 1. The van der Waals surface area contributed by atoms with E-state index in [0.29, 0.717) is 0 Å². The first-order chi connectivity index (χ1) is 7.93. The van der Waals surface area contributed by atoms with Gasteiger partial charge in [-0.25, -0.2) is 9.18 Å². The Morgan fingerprint density at radius 2 is 1.82 bits per heavy atom. The molecule has 2 atom stereocenters. The molecule has 5 nitrogen and oxygen atoms in total. The summed E-state index contributed by atoms with van der Waals surface area (Å²) in [5.74, 6) is -3.29. The third kappa shape index (κ3) is 3.33. The molecular formula is C11H11FO5. The summed E-state index contributed by atoms with van der Waals surface area (Å²) in [6.07, 6.45) is -4.45. The van der Waals surface area contributed by atoms with Gasteiger partial charge in [0.25, 0.3) is 0 Å². The van der Waals surface area contributed by atoms with Crippen LogP contribution in [0, 0.1) is 5.82 Å². The number of hydrogen-bond donors (Lipinski definition) is 3. The Bertz CT molecular complexity index is 432. The summed E-state index contributed by atoms with van der Waals surface area (Å²) in [6, 6.07) is 5.11. The Labute approximate surface area is 96.1 Å². The number of rotatable bonds is 5. The van der Waals surface area contributed by atoms with Gasteiger partial charge in [-0.15, -0.1) is 0 Å². The van der Waals surface area contributed by atoms with Crippen LogP contribution in [-0.4, -0.2) is 33.2 Å². The Kier molecular flexibility index (Phi) is 4.30. The zero-order chi connectivity index (χ0) is 13.0. The SMILES string of the molecule is O=C(O)[C@H](O)CC(=O)[C@H](O)c1ccccc1F. The molecular weight excluding hydrogens is 231 g/mol. The minimum Gasteiger partial charge on any atom is -0.479 e. The van der Waals surface area contributed by atoms with Crippen LogP contribution in [0.4, 0.5) is 4.39 Å². The maximum Gasteiger partial charge on any atom is 0.332 e. The van der Waals surface area contributed by atoms with E-state index in [1.54, 1.807) is 0 Å². The van der Waals surface area contributed by atoms with Crippen molar-refractivity contribution in [3.8, 4) is 0 Å². The van der Waals surface area contributed by atoms with Gasteiger partial charge in [-0.1, -0.05) is 18.2 Å². The number of carbonyl (C=O) groups is 2. The van der Waals surface area contributed by atoms with E-state index in [2.05, 4.69) is 0 Å². The standard InChI is InChI=1S/C11H11FO5/c12-7-4-2-1-3-6(7)10(15)8(13)5-9(14)11(16)17/h1-4,9-10,14-15H,5H2,(H,16,17)/t9-,10-/m1/s1. The molecule has 17 heavy (non-hydrogen) atoms. The molecule has 0 amide bonds. The molecule has 0 fully saturated rings. The van der Waals surface area contributed by atoms with E-state index >= 15 is 0 Å². The Hall–Kier alpha value is -1.79. The maximum atomic E-state index is 13.2. The lowest BCUT2D eigenvalue weighted by Gasteiger charge is -2.11. The molecule has 92 valence electrons. The van der Waals surface area contributed by atoms with Gasteiger partial charge in [-0.2, -0.15) is 0 Å². The second-order valence-corrected chi connectivity index (χ2v) is 3.45. The molecule has 1 aromatic rings. The van der Waals surface area contributed by atoms with Crippen molar-refractivity contribution in [3.05, 3.63) is 35.6 Å². The lowest BCUT2D eigenvalue weighted by Crippen LogP contribution is -2.26. The number of halogens is 1. The van der Waals surface area contributed by atoms with Crippen LogP contribution in [0.25, 0.3) is 0 Å². The van der Waals surface area contributed by atoms with Crippen LogP contribution in [0.3, 0.4) is 0 Å². The number of aliphatic hydroxyl groups is 2. The van der Waals surface area contributed by atoms with Gasteiger partial charge in [0.15, 0.2) is 11.9 Å². The molecule has 1 aromatic carbocycles. The van der Waals surface area contributed by atoms with E-state index in [-0.39, 0.29) is 5.56 Å². The molecule has 0 saturated carbocycles. The highest BCUT2D eigenvalue weighted by molar-refractivity contribution is 5.88. The monoisotopic (exact) mass is 242 g/mol. The van der Waals surface area contributed by atoms with Crippen molar-refractivity contribution in [3.63, 3.8) is 0 Å². The molecule has 0 spiro atoms. The fourth-order valence-electron chi connectivity index (χ4n) is 1.26. The molecule has 0 aliphatic heterocycles. The van der Waals surface area contributed by atoms with Crippen molar-refractivity contribution in [2.45, 2.75) is 18.6 Å². The van der Waals surface area contributed by atoms with Crippen LogP contribution >= 0.6 is 0 Å². The second kappa shape index (κ2) is 5.51. The number of benzene rings is 1. The summed E-state index contributed by atoms with van der Waals surface area (Å²) in [6.45, 7) is 0. The summed E-state index contributed by atoms with van der Waals surface area (Å²) >= 11 is 0. The summed E-state index contributed by atoms with van der Waals surface area (Å²) in [5, 5.41) is 26.8. The fourth-order valence-corrected chi connectivity index (χ4v) is 1.26. The van der Waals surface area contributed by atoms with Crippen LogP contribution < -0.4 is 0 Å². The lowest BCUT2D eigenvalue weighted by molar-refractivity contribution is -0.150. The summed E-state index contributed by atoms with van der Waals surface area (Å²) in [5.41, 5.74) is -0.241. The second-order valence-electron chi connectivity index (χ2n) is 3.45. The topological polar surface area (TPSA) is 94.8 Å². The van der Waals surface area contributed by atoms with Crippen molar-refractivity contribution in [2.75, 3.05) is 0 Å². The predicted octanol–water partition coefficient (Wildman–Crippen LogP) is 0.264. The first kappa shape index (κ1) is 13.3. The van der Waals surface area contributed by atoms with E-state index in [1.165, 1.54) is 18.2 Å². The van der Waals surface area contributed by atoms with E-state index in [9.17, 15) is 19.1 Å². The van der Waals surface area contributed by atoms with Gasteiger partial charge in [-0.05, 0) is 6.07 Å². The van der Waals surface area contributed by atoms with Crippen LogP contribution in [0.5, 0.6) is 0 Å². The molecule has 0 heterocycles. The molecule has 3 N–H and O–H groups in total. The van der Waals surface area contributed by atoms with Crippen LogP contribution in [0.2, 0.25) is 0 Å². The first-order valence-electron chi connectivity index (χ1n) is 4.79. The molecule has 0 unspecified atom stereocenters. The summed E-state index contributed by atoms with van der Waals surface area (Å²) in [7, 11) is 0. The van der Waals surface area contributed by atoms with E-state index in [0.717, 1.165) is 6.07 Å². The largest absolute Gasteiger partial charge is 0.479 e. The molecule has 0 saturated heterocycles. The third-order valence-electron chi connectivity index (χ3n) is 2.18. The Morgan fingerprint density at radius 3 is 2.35 bits per heavy atom. The number of hydrogen-bond acceptors (Lipinski definition) is 4. The van der Waals surface area contributed by atoms with Gasteiger partial charge in [0.05, 0.1) is 0 Å². The minimum atomic E-state index is -1.90. The molecule has 0 aliphatic carbocycles. The number of Topliss-reactive ketones (excluding diaryl/α,β-unsaturated/α-hetero) is 1. The first-order valence-corrected chi connectivity index (χ1v) is 4.79. The highest BCUT2D eigenvalue weighted by Crippen LogP contribution is 2.19. The van der Waals surface area contributed by atoms with Crippen LogP contribution in [-0.2, 0) is 9.59 Å². The lowest BCUT2D eigenvalue weighted by atomic mass is 10.0. The van der Waals surface area contributed by atoms with Gasteiger partial charge >= 0.3 is 5.97 Å². The number of carboxylic acids is 1. The minimum absolute atomic E-state index is 0.241. The molecule has 0 radical (unpaired) electrons. The summed E-state index contributed by atoms with van der Waals surface area (Å²) < 4.78 is 13.2. The smallest absolute Gasteiger partial charge is 0.332 e. The Morgan fingerprint density at radius 1 is 1.24 bits per heavy atom. The van der Waals surface area contributed by atoms with E-state index in [4.69, 9.17) is 10.2 Å². The van der Waals surface area contributed by atoms with Gasteiger partial charge < -0.3 is 15.3 Å². The zero-order valence-electron chi connectivity index (χ0n) is 8.71. The Balaban J connectivity index is 2.77. The highest BCUT2D eigenvalue weighted by Gasteiger charge is 2.25. The maximum absolute atomic E-state index is 13.2. The van der Waals surface area contributed by atoms with Gasteiger partial charge in [0, 0.05) is 12.0 Å². The number of carbonyl (C=O) groups excluding carboxylic acids is 1.